The van der Waals surface area contributed by atoms with Gasteiger partial charge in [0.25, 0.3) is 0 Å². The third-order valence-electron chi connectivity index (χ3n) is 10.0. The number of rotatable bonds is 3. The van der Waals surface area contributed by atoms with Gasteiger partial charge in [-0.15, -0.1) is 0 Å². The zero-order chi connectivity index (χ0) is 31.6. The van der Waals surface area contributed by atoms with Crippen LogP contribution in [0.15, 0.2) is 176 Å². The SMILES string of the molecule is c1ccc2cc(-c3c4ccccc4c(-c4ccc5ccccc5c4)c4cc(-c5cccc6ccc7cccnc7c56)ccc34)ccc2c1. The number of hydrogen-bond donors (Lipinski definition) is 0. The van der Waals surface area contributed by atoms with Crippen molar-refractivity contribution in [2.75, 3.05) is 0 Å². The highest BCUT2D eigenvalue weighted by Gasteiger charge is 2.19. The van der Waals surface area contributed by atoms with Gasteiger partial charge >= 0.3 is 0 Å². The second kappa shape index (κ2) is 10.6. The van der Waals surface area contributed by atoms with Crippen molar-refractivity contribution < 1.29 is 0 Å². The van der Waals surface area contributed by atoms with E-state index in [9.17, 15) is 0 Å². The van der Waals surface area contributed by atoms with Gasteiger partial charge in [-0.1, -0.05) is 146 Å². The van der Waals surface area contributed by atoms with Crippen LogP contribution in [0.3, 0.4) is 0 Å². The summed E-state index contributed by atoms with van der Waals surface area (Å²) in [5, 5.41) is 13.5. The number of nitrogens with zero attached hydrogens (tertiary/aromatic N) is 1. The molecule has 1 heteroatoms. The van der Waals surface area contributed by atoms with E-state index >= 15 is 0 Å². The highest BCUT2D eigenvalue weighted by atomic mass is 14.6. The Bertz CT molecular complexity index is 2900. The van der Waals surface area contributed by atoms with Crippen LogP contribution in [-0.4, -0.2) is 4.98 Å². The lowest BCUT2D eigenvalue weighted by Crippen LogP contribution is -1.92. The summed E-state index contributed by atoms with van der Waals surface area (Å²) in [6.07, 6.45) is 1.90. The Balaban J connectivity index is 1.34. The Kier molecular flexibility index (Phi) is 5.94. The van der Waals surface area contributed by atoms with E-state index in [0.717, 1.165) is 10.9 Å². The number of aromatic nitrogens is 1. The molecule has 0 spiro atoms. The third kappa shape index (κ3) is 4.15. The van der Waals surface area contributed by atoms with Gasteiger partial charge in [0.05, 0.1) is 5.52 Å². The van der Waals surface area contributed by atoms with E-state index in [2.05, 4.69) is 164 Å². The molecular formula is C47H29N. The summed E-state index contributed by atoms with van der Waals surface area (Å²) < 4.78 is 0. The molecular weight excluding hydrogens is 579 g/mol. The highest BCUT2D eigenvalue weighted by Crippen LogP contribution is 2.46. The molecule has 0 N–H and O–H groups in total. The van der Waals surface area contributed by atoms with Gasteiger partial charge in [-0.05, 0) is 106 Å². The van der Waals surface area contributed by atoms with Gasteiger partial charge < -0.3 is 0 Å². The number of hydrogen-bond acceptors (Lipinski definition) is 1. The lowest BCUT2D eigenvalue weighted by atomic mass is 9.84. The molecule has 0 saturated carbocycles. The lowest BCUT2D eigenvalue weighted by Gasteiger charge is -2.19. The fourth-order valence-electron chi connectivity index (χ4n) is 7.81. The molecule has 1 heterocycles. The molecule has 0 aliphatic carbocycles. The Labute approximate surface area is 278 Å². The van der Waals surface area contributed by atoms with Crippen molar-refractivity contribution in [2.24, 2.45) is 0 Å². The van der Waals surface area contributed by atoms with E-state index in [1.807, 2.05) is 12.3 Å². The maximum atomic E-state index is 4.87. The summed E-state index contributed by atoms with van der Waals surface area (Å²) in [7, 11) is 0. The summed E-state index contributed by atoms with van der Waals surface area (Å²) in [5.41, 5.74) is 8.41. The topological polar surface area (TPSA) is 12.9 Å². The highest BCUT2D eigenvalue weighted by molar-refractivity contribution is 6.23. The van der Waals surface area contributed by atoms with Gasteiger partial charge in [0.2, 0.25) is 0 Å². The van der Waals surface area contributed by atoms with Gasteiger partial charge in [-0.2, -0.15) is 0 Å². The van der Waals surface area contributed by atoms with E-state index in [4.69, 9.17) is 4.98 Å². The van der Waals surface area contributed by atoms with Crippen LogP contribution in [0.2, 0.25) is 0 Å². The molecule has 0 fully saturated rings. The van der Waals surface area contributed by atoms with Crippen molar-refractivity contribution in [3.63, 3.8) is 0 Å². The maximum Gasteiger partial charge on any atom is 0.0786 e. The first kappa shape index (κ1) is 26.9. The fourth-order valence-corrected chi connectivity index (χ4v) is 7.81. The Morgan fingerprint density at radius 3 is 1.54 bits per heavy atom. The van der Waals surface area contributed by atoms with Crippen molar-refractivity contribution >= 4 is 64.8 Å². The van der Waals surface area contributed by atoms with Crippen LogP contribution < -0.4 is 0 Å². The summed E-state index contributed by atoms with van der Waals surface area (Å²) in [4.78, 5) is 4.87. The van der Waals surface area contributed by atoms with Crippen molar-refractivity contribution in [3.05, 3.63) is 176 Å². The Morgan fingerprint density at radius 1 is 0.312 bits per heavy atom. The molecule has 0 aliphatic rings. The van der Waals surface area contributed by atoms with Crippen LogP contribution in [0.5, 0.6) is 0 Å². The quantitative estimate of drug-likeness (QED) is 0.144. The van der Waals surface area contributed by atoms with Gasteiger partial charge in [0, 0.05) is 17.0 Å². The first-order valence-corrected chi connectivity index (χ1v) is 16.5. The minimum absolute atomic E-state index is 1.04. The van der Waals surface area contributed by atoms with Gasteiger partial charge in [0.1, 0.15) is 0 Å². The minimum atomic E-state index is 1.04. The first-order chi connectivity index (χ1) is 23.8. The zero-order valence-corrected chi connectivity index (χ0v) is 26.2. The molecule has 9 aromatic carbocycles. The fraction of sp³-hybridized carbons (Fsp3) is 0. The molecule has 0 saturated heterocycles. The number of pyridine rings is 1. The summed E-state index contributed by atoms with van der Waals surface area (Å²) in [6.45, 7) is 0. The largest absolute Gasteiger partial charge is 0.256 e. The molecule has 48 heavy (non-hydrogen) atoms. The normalized spacial score (nSPS) is 11.8. The molecule has 222 valence electrons. The van der Waals surface area contributed by atoms with Crippen molar-refractivity contribution in [1.82, 2.24) is 4.98 Å². The second-order valence-corrected chi connectivity index (χ2v) is 12.7. The maximum absolute atomic E-state index is 4.87. The Hall–Kier alpha value is -6.31. The van der Waals surface area contributed by atoms with Crippen molar-refractivity contribution in [1.29, 1.82) is 0 Å². The average molecular weight is 608 g/mol. The predicted octanol–water partition coefficient (Wildman–Crippen LogP) is 13.0. The van der Waals surface area contributed by atoms with E-state index in [-0.39, 0.29) is 0 Å². The second-order valence-electron chi connectivity index (χ2n) is 12.7. The van der Waals surface area contributed by atoms with Crippen LogP contribution in [0.25, 0.3) is 98.1 Å². The molecule has 1 nitrogen and oxygen atoms in total. The van der Waals surface area contributed by atoms with Crippen LogP contribution >= 0.6 is 0 Å². The first-order valence-electron chi connectivity index (χ1n) is 16.5. The van der Waals surface area contributed by atoms with Crippen molar-refractivity contribution in [3.8, 4) is 33.4 Å². The average Bonchev–Trinajstić information content (AvgIpc) is 3.16. The summed E-state index contributed by atoms with van der Waals surface area (Å²) in [6, 6.07) is 62.3. The molecule has 0 radical (unpaired) electrons. The van der Waals surface area contributed by atoms with Crippen LogP contribution in [0.1, 0.15) is 0 Å². The smallest absolute Gasteiger partial charge is 0.0786 e. The standard InChI is InChI=1S/C47H29N/c1-3-11-34-27-37(22-18-30(34)9-1)44-40-15-5-6-16-41(40)45(38-23-19-31-10-2-4-12-35(31)28-38)43-29-36(24-25-42(43)44)39-17-7-13-32-20-21-33-14-8-26-48-47(33)46(32)39/h1-29H. The molecule has 0 aliphatic heterocycles. The van der Waals surface area contributed by atoms with Crippen LogP contribution in [-0.2, 0) is 0 Å². The molecule has 0 atom stereocenters. The molecule has 0 amide bonds. The minimum Gasteiger partial charge on any atom is -0.256 e. The van der Waals surface area contributed by atoms with E-state index < -0.39 is 0 Å². The summed E-state index contributed by atoms with van der Waals surface area (Å²) in [5.74, 6) is 0. The third-order valence-corrected chi connectivity index (χ3v) is 10.0. The van der Waals surface area contributed by atoms with E-state index in [0.29, 0.717) is 0 Å². The Morgan fingerprint density at radius 2 is 0.833 bits per heavy atom. The van der Waals surface area contributed by atoms with Crippen LogP contribution in [0, 0.1) is 0 Å². The molecule has 10 aromatic rings. The van der Waals surface area contributed by atoms with Gasteiger partial charge in [-0.3, -0.25) is 4.98 Å². The zero-order valence-electron chi connectivity index (χ0n) is 26.2. The monoisotopic (exact) mass is 607 g/mol. The molecule has 0 bridgehead atoms. The predicted molar refractivity (Wildman–Crippen MR) is 206 cm³/mol. The van der Waals surface area contributed by atoms with Crippen molar-refractivity contribution in [2.45, 2.75) is 0 Å². The molecule has 1 aromatic heterocycles. The lowest BCUT2D eigenvalue weighted by molar-refractivity contribution is 1.43. The van der Waals surface area contributed by atoms with Gasteiger partial charge in [-0.25, -0.2) is 0 Å². The number of benzene rings is 9. The van der Waals surface area contributed by atoms with E-state index in [1.54, 1.807) is 0 Å². The van der Waals surface area contributed by atoms with Crippen LogP contribution in [0.4, 0.5) is 0 Å². The van der Waals surface area contributed by atoms with E-state index in [1.165, 1.54) is 87.2 Å². The van der Waals surface area contributed by atoms with Gasteiger partial charge in [0.15, 0.2) is 0 Å². The number of fused-ring (bicyclic) bond motifs is 7. The summed E-state index contributed by atoms with van der Waals surface area (Å²) >= 11 is 0. The molecule has 10 rings (SSSR count). The molecule has 0 unspecified atom stereocenters.